The second-order valence-corrected chi connectivity index (χ2v) is 9.12. The van der Waals surface area contributed by atoms with Crippen molar-refractivity contribution in [3.8, 4) is 0 Å². The van der Waals surface area contributed by atoms with Crippen LogP contribution in [0.25, 0.3) is 0 Å². The van der Waals surface area contributed by atoms with E-state index in [0.29, 0.717) is 18.7 Å². The summed E-state index contributed by atoms with van der Waals surface area (Å²) in [4.78, 5) is 39.6. The first-order chi connectivity index (χ1) is 13.7. The van der Waals surface area contributed by atoms with Gasteiger partial charge in [0.15, 0.2) is 9.84 Å². The van der Waals surface area contributed by atoms with Crippen molar-refractivity contribution >= 4 is 27.3 Å². The Balaban J connectivity index is 1.94. The van der Waals surface area contributed by atoms with Crippen LogP contribution in [0, 0.1) is 0 Å². The first-order valence-corrected chi connectivity index (χ1v) is 11.2. The topological polar surface area (TPSA) is 106 Å². The lowest BCUT2D eigenvalue weighted by Crippen LogP contribution is -2.36. The molecule has 2 aromatic rings. The summed E-state index contributed by atoms with van der Waals surface area (Å²) >= 11 is 0. The number of piperidine rings is 1. The maximum Gasteiger partial charge on any atom is 0.274 e. The highest BCUT2D eigenvalue weighted by molar-refractivity contribution is 7.90. The van der Waals surface area contributed by atoms with Crippen LogP contribution in [0.3, 0.4) is 0 Å². The fourth-order valence-corrected chi connectivity index (χ4v) is 4.25. The van der Waals surface area contributed by atoms with Gasteiger partial charge < -0.3 is 14.8 Å². The van der Waals surface area contributed by atoms with Crippen molar-refractivity contribution in [2.75, 3.05) is 24.7 Å². The van der Waals surface area contributed by atoms with Gasteiger partial charge in [0.1, 0.15) is 5.69 Å². The van der Waals surface area contributed by atoms with E-state index in [2.05, 4.69) is 5.32 Å². The van der Waals surface area contributed by atoms with E-state index in [4.69, 9.17) is 0 Å². The number of rotatable bonds is 4. The van der Waals surface area contributed by atoms with Gasteiger partial charge in [-0.25, -0.2) is 8.42 Å². The minimum Gasteiger partial charge on any atom is -0.339 e. The predicted octanol–water partition coefficient (Wildman–Crippen LogP) is 1.67. The summed E-state index contributed by atoms with van der Waals surface area (Å²) in [6, 6.07) is 7.11. The van der Waals surface area contributed by atoms with Crippen LogP contribution in [-0.4, -0.2) is 49.0 Å². The van der Waals surface area contributed by atoms with E-state index >= 15 is 0 Å². The first kappa shape index (κ1) is 20.8. The van der Waals surface area contributed by atoms with Gasteiger partial charge in [-0.05, 0) is 37.5 Å². The lowest BCUT2D eigenvalue weighted by Gasteiger charge is -2.27. The highest BCUT2D eigenvalue weighted by Gasteiger charge is 2.22. The molecule has 0 unspecified atom stereocenters. The molecule has 9 heteroatoms. The molecule has 3 rings (SSSR count). The molecule has 1 N–H and O–H groups in total. The Kier molecular flexibility index (Phi) is 5.88. The molecule has 0 spiro atoms. The predicted molar refractivity (Wildman–Crippen MR) is 109 cm³/mol. The standard InChI is InChI=1S/C20H23N3O5S/c1-22-13-14(19(25)23-10-6-3-7-11-23)12-16(20(22)26)21-18(24)15-8-4-5-9-17(15)29(2,27)28/h4-5,8-9,12-13H,3,6-7,10-11H2,1-2H3,(H,21,24). The number of aromatic nitrogens is 1. The van der Waals surface area contributed by atoms with Gasteiger partial charge in [-0.3, -0.25) is 14.4 Å². The van der Waals surface area contributed by atoms with Gasteiger partial charge in [0.25, 0.3) is 17.4 Å². The van der Waals surface area contributed by atoms with Crippen LogP contribution in [0.2, 0.25) is 0 Å². The molecule has 0 radical (unpaired) electrons. The normalized spacial score (nSPS) is 14.5. The lowest BCUT2D eigenvalue weighted by molar-refractivity contribution is 0.0723. The van der Waals surface area contributed by atoms with Crippen LogP contribution in [0.1, 0.15) is 40.0 Å². The number of aryl methyl sites for hydroxylation is 1. The summed E-state index contributed by atoms with van der Waals surface area (Å²) in [7, 11) is -2.13. The largest absolute Gasteiger partial charge is 0.339 e. The molecule has 154 valence electrons. The molecule has 2 amide bonds. The quantitative estimate of drug-likeness (QED) is 0.815. The summed E-state index contributed by atoms with van der Waals surface area (Å²) in [5, 5.41) is 2.47. The Morgan fingerprint density at radius 1 is 1.07 bits per heavy atom. The number of sulfone groups is 1. The number of hydrogen-bond acceptors (Lipinski definition) is 5. The van der Waals surface area contributed by atoms with Gasteiger partial charge in [-0.2, -0.15) is 0 Å². The molecule has 0 bridgehead atoms. The van der Waals surface area contributed by atoms with Crippen molar-refractivity contribution in [3.05, 3.63) is 58.0 Å². The second kappa shape index (κ2) is 8.20. The van der Waals surface area contributed by atoms with Crippen LogP contribution in [-0.2, 0) is 16.9 Å². The number of pyridine rings is 1. The molecule has 1 fully saturated rings. The van der Waals surface area contributed by atoms with Gasteiger partial charge in [0.2, 0.25) is 0 Å². The van der Waals surface area contributed by atoms with Crippen LogP contribution in [0.15, 0.2) is 46.2 Å². The molecule has 29 heavy (non-hydrogen) atoms. The van der Waals surface area contributed by atoms with Gasteiger partial charge in [-0.15, -0.1) is 0 Å². The number of carbonyl (C=O) groups is 2. The Labute approximate surface area is 169 Å². The average molecular weight is 417 g/mol. The molecule has 1 aromatic carbocycles. The molecule has 0 saturated carbocycles. The van der Waals surface area contributed by atoms with Gasteiger partial charge >= 0.3 is 0 Å². The molecule has 1 saturated heterocycles. The summed E-state index contributed by atoms with van der Waals surface area (Å²) in [5.41, 5.74) is -0.348. The number of nitrogens with one attached hydrogen (secondary N) is 1. The van der Waals surface area contributed by atoms with E-state index in [0.717, 1.165) is 25.5 Å². The maximum absolute atomic E-state index is 12.8. The smallest absolute Gasteiger partial charge is 0.274 e. The third-order valence-electron chi connectivity index (χ3n) is 4.85. The Bertz CT molecular complexity index is 1120. The molecular weight excluding hydrogens is 394 g/mol. The SMILES string of the molecule is Cn1cc(C(=O)N2CCCCC2)cc(NC(=O)c2ccccc2S(C)(=O)=O)c1=O. The summed E-state index contributed by atoms with van der Waals surface area (Å²) in [5.74, 6) is -0.932. The van der Waals surface area contributed by atoms with Crippen molar-refractivity contribution in [1.82, 2.24) is 9.47 Å². The zero-order valence-electron chi connectivity index (χ0n) is 16.3. The van der Waals surface area contributed by atoms with Gasteiger partial charge in [0.05, 0.1) is 16.0 Å². The molecular formula is C20H23N3O5S. The average Bonchev–Trinajstić information content (AvgIpc) is 2.70. The number of benzene rings is 1. The summed E-state index contributed by atoms with van der Waals surface area (Å²) in [6.45, 7) is 1.32. The first-order valence-electron chi connectivity index (χ1n) is 9.29. The highest BCUT2D eigenvalue weighted by Crippen LogP contribution is 2.18. The molecule has 0 atom stereocenters. The second-order valence-electron chi connectivity index (χ2n) is 7.13. The molecule has 1 aliphatic rings. The third kappa shape index (κ3) is 4.56. The number of nitrogens with zero attached hydrogens (tertiary/aromatic N) is 2. The summed E-state index contributed by atoms with van der Waals surface area (Å²) < 4.78 is 25.1. The Hall–Kier alpha value is -2.94. The van der Waals surface area contributed by atoms with Crippen LogP contribution < -0.4 is 10.9 Å². The van der Waals surface area contributed by atoms with E-state index in [1.54, 1.807) is 4.90 Å². The maximum atomic E-state index is 12.8. The minimum atomic E-state index is -3.63. The lowest BCUT2D eigenvalue weighted by atomic mass is 10.1. The van der Waals surface area contributed by atoms with E-state index in [-0.39, 0.29) is 22.1 Å². The molecule has 8 nitrogen and oxygen atoms in total. The Morgan fingerprint density at radius 2 is 1.72 bits per heavy atom. The number of carbonyl (C=O) groups excluding carboxylic acids is 2. The Morgan fingerprint density at radius 3 is 2.38 bits per heavy atom. The highest BCUT2D eigenvalue weighted by atomic mass is 32.2. The van der Waals surface area contributed by atoms with Crippen LogP contribution in [0.4, 0.5) is 5.69 Å². The fraction of sp³-hybridized carbons (Fsp3) is 0.350. The van der Waals surface area contributed by atoms with Crippen molar-refractivity contribution in [3.63, 3.8) is 0 Å². The van der Waals surface area contributed by atoms with Gasteiger partial charge in [-0.1, -0.05) is 12.1 Å². The zero-order valence-corrected chi connectivity index (χ0v) is 17.2. The van der Waals surface area contributed by atoms with Crippen LogP contribution in [0.5, 0.6) is 0 Å². The number of amides is 2. The van der Waals surface area contributed by atoms with E-state index < -0.39 is 21.3 Å². The van der Waals surface area contributed by atoms with Crippen molar-refractivity contribution < 1.29 is 18.0 Å². The van der Waals surface area contributed by atoms with E-state index in [1.165, 1.54) is 48.1 Å². The number of hydrogen-bond donors (Lipinski definition) is 1. The van der Waals surface area contributed by atoms with Crippen LogP contribution >= 0.6 is 0 Å². The van der Waals surface area contributed by atoms with Crippen molar-refractivity contribution in [1.29, 1.82) is 0 Å². The summed E-state index contributed by atoms with van der Waals surface area (Å²) in [6.07, 6.45) is 5.40. The number of likely N-dealkylation sites (tertiary alicyclic amines) is 1. The monoisotopic (exact) mass is 417 g/mol. The van der Waals surface area contributed by atoms with E-state index in [9.17, 15) is 22.8 Å². The number of anilines is 1. The molecule has 1 aromatic heterocycles. The fourth-order valence-electron chi connectivity index (χ4n) is 3.37. The zero-order chi connectivity index (χ0) is 21.2. The molecule has 1 aliphatic heterocycles. The minimum absolute atomic E-state index is 0.0650. The third-order valence-corrected chi connectivity index (χ3v) is 6.01. The molecule has 2 heterocycles. The van der Waals surface area contributed by atoms with Gasteiger partial charge in [0, 0.05) is 32.6 Å². The van der Waals surface area contributed by atoms with E-state index in [1.807, 2.05) is 0 Å². The van der Waals surface area contributed by atoms with Crippen molar-refractivity contribution in [2.45, 2.75) is 24.2 Å². The molecule has 0 aliphatic carbocycles. The van der Waals surface area contributed by atoms with Crippen molar-refractivity contribution in [2.24, 2.45) is 7.05 Å².